The van der Waals surface area contributed by atoms with Crippen LogP contribution < -0.4 is 4.74 Å². The molecule has 5 nitrogen and oxygen atoms in total. The van der Waals surface area contributed by atoms with E-state index >= 15 is 0 Å². The Balaban J connectivity index is 1.91. The minimum atomic E-state index is -0.896. The van der Waals surface area contributed by atoms with E-state index in [2.05, 4.69) is 0 Å². The average molecular weight is 291 g/mol. The number of methoxy groups -OCH3 is 1. The Bertz CT molecular complexity index is 498. The molecular weight excluding hydrogens is 270 g/mol. The lowest BCUT2D eigenvalue weighted by Crippen LogP contribution is -2.48. The van der Waals surface area contributed by atoms with Crippen LogP contribution in [0.5, 0.6) is 5.75 Å². The number of benzene rings is 1. The number of nitrogens with zero attached hydrogens (tertiary/aromatic N) is 1. The fourth-order valence-corrected chi connectivity index (χ4v) is 2.67. The highest BCUT2D eigenvalue weighted by Gasteiger charge is 2.31. The lowest BCUT2D eigenvalue weighted by molar-refractivity contribution is -0.152. The van der Waals surface area contributed by atoms with E-state index in [0.717, 1.165) is 24.2 Å². The predicted octanol–water partition coefficient (Wildman–Crippen LogP) is 2.09. The second kappa shape index (κ2) is 7.11. The van der Waals surface area contributed by atoms with Gasteiger partial charge in [0, 0.05) is 13.0 Å². The molecule has 0 spiro atoms. The van der Waals surface area contributed by atoms with E-state index < -0.39 is 12.0 Å². The van der Waals surface area contributed by atoms with Crippen molar-refractivity contribution in [3.8, 4) is 5.75 Å². The number of hydrogen-bond donors (Lipinski definition) is 1. The molecule has 1 fully saturated rings. The van der Waals surface area contributed by atoms with Gasteiger partial charge in [0.15, 0.2) is 0 Å². The Labute approximate surface area is 124 Å². The van der Waals surface area contributed by atoms with Gasteiger partial charge >= 0.3 is 5.97 Å². The zero-order chi connectivity index (χ0) is 15.2. The largest absolute Gasteiger partial charge is 0.497 e. The molecule has 1 atom stereocenters. The summed E-state index contributed by atoms with van der Waals surface area (Å²) >= 11 is 0. The number of carboxylic acids is 1. The zero-order valence-electron chi connectivity index (χ0n) is 12.2. The van der Waals surface area contributed by atoms with Crippen molar-refractivity contribution in [3.63, 3.8) is 0 Å². The number of ether oxygens (including phenoxy) is 1. The number of rotatable bonds is 5. The average Bonchev–Trinajstić information content (AvgIpc) is 2.53. The summed E-state index contributed by atoms with van der Waals surface area (Å²) in [4.78, 5) is 25.0. The first-order valence-electron chi connectivity index (χ1n) is 7.27. The van der Waals surface area contributed by atoms with Gasteiger partial charge in [-0.05, 0) is 43.4 Å². The van der Waals surface area contributed by atoms with Crippen LogP contribution in [0.4, 0.5) is 0 Å². The van der Waals surface area contributed by atoms with E-state index in [0.29, 0.717) is 25.8 Å². The lowest BCUT2D eigenvalue weighted by Gasteiger charge is -2.33. The van der Waals surface area contributed by atoms with E-state index in [9.17, 15) is 14.7 Å². The number of piperidine rings is 1. The molecule has 5 heteroatoms. The van der Waals surface area contributed by atoms with Gasteiger partial charge in [0.1, 0.15) is 11.8 Å². The van der Waals surface area contributed by atoms with E-state index in [1.807, 2.05) is 24.3 Å². The van der Waals surface area contributed by atoms with E-state index in [1.165, 1.54) is 4.90 Å². The van der Waals surface area contributed by atoms with Gasteiger partial charge in [-0.3, -0.25) is 4.79 Å². The zero-order valence-corrected chi connectivity index (χ0v) is 12.2. The van der Waals surface area contributed by atoms with Crippen molar-refractivity contribution in [2.45, 2.75) is 38.1 Å². The molecule has 1 aromatic carbocycles. The second-order valence-electron chi connectivity index (χ2n) is 5.29. The molecule has 1 N–H and O–H groups in total. The Kier molecular flexibility index (Phi) is 5.20. The van der Waals surface area contributed by atoms with Gasteiger partial charge in [-0.25, -0.2) is 4.79 Å². The van der Waals surface area contributed by atoms with Crippen molar-refractivity contribution in [2.75, 3.05) is 13.7 Å². The maximum atomic E-state index is 12.2. The number of carbonyl (C=O) groups excluding carboxylic acids is 1. The van der Waals surface area contributed by atoms with Gasteiger partial charge in [0.25, 0.3) is 0 Å². The van der Waals surface area contributed by atoms with Crippen molar-refractivity contribution in [2.24, 2.45) is 0 Å². The van der Waals surface area contributed by atoms with Crippen LogP contribution in [0.15, 0.2) is 24.3 Å². The van der Waals surface area contributed by atoms with Crippen molar-refractivity contribution < 1.29 is 19.4 Å². The van der Waals surface area contributed by atoms with Crippen molar-refractivity contribution in [1.82, 2.24) is 4.90 Å². The molecule has 2 rings (SSSR count). The van der Waals surface area contributed by atoms with E-state index in [4.69, 9.17) is 4.74 Å². The van der Waals surface area contributed by atoms with Crippen LogP contribution in [-0.2, 0) is 16.0 Å². The molecule has 114 valence electrons. The highest BCUT2D eigenvalue weighted by atomic mass is 16.5. The van der Waals surface area contributed by atoms with Crippen LogP contribution in [0.25, 0.3) is 0 Å². The summed E-state index contributed by atoms with van der Waals surface area (Å²) in [5, 5.41) is 9.19. The fraction of sp³-hybridized carbons (Fsp3) is 0.500. The van der Waals surface area contributed by atoms with Crippen LogP contribution in [0.2, 0.25) is 0 Å². The number of aryl methyl sites for hydroxylation is 1. The molecule has 0 radical (unpaired) electrons. The maximum Gasteiger partial charge on any atom is 0.326 e. The van der Waals surface area contributed by atoms with Gasteiger partial charge in [-0.1, -0.05) is 12.1 Å². The number of hydrogen-bond acceptors (Lipinski definition) is 3. The number of likely N-dealkylation sites (tertiary alicyclic amines) is 1. The summed E-state index contributed by atoms with van der Waals surface area (Å²) < 4.78 is 5.09. The molecule has 1 aliphatic heterocycles. The Morgan fingerprint density at radius 1 is 1.29 bits per heavy atom. The standard InChI is InChI=1S/C16H21NO4/c1-21-13-8-5-12(6-9-13)7-10-15(18)17-11-3-2-4-14(17)16(19)20/h5-6,8-9,14H,2-4,7,10-11H2,1H3,(H,19,20). The molecule has 1 aromatic rings. The number of aliphatic carboxylic acids is 1. The van der Waals surface area contributed by atoms with Gasteiger partial charge in [0.2, 0.25) is 5.91 Å². The second-order valence-corrected chi connectivity index (χ2v) is 5.29. The molecule has 0 aromatic heterocycles. The maximum absolute atomic E-state index is 12.2. The molecule has 0 bridgehead atoms. The first kappa shape index (κ1) is 15.4. The third-order valence-electron chi connectivity index (χ3n) is 3.89. The minimum absolute atomic E-state index is 0.0714. The van der Waals surface area contributed by atoms with E-state index in [-0.39, 0.29) is 5.91 Å². The number of amides is 1. The summed E-state index contributed by atoms with van der Waals surface area (Å²) in [6, 6.07) is 6.93. The van der Waals surface area contributed by atoms with Gasteiger partial charge in [-0.15, -0.1) is 0 Å². The van der Waals surface area contributed by atoms with Crippen LogP contribution in [0, 0.1) is 0 Å². The number of carboxylic acid groups (broad SMARTS) is 1. The van der Waals surface area contributed by atoms with Crippen LogP contribution in [0.3, 0.4) is 0 Å². The van der Waals surface area contributed by atoms with Crippen molar-refractivity contribution in [3.05, 3.63) is 29.8 Å². The molecule has 1 amide bonds. The van der Waals surface area contributed by atoms with Crippen molar-refractivity contribution >= 4 is 11.9 Å². The monoisotopic (exact) mass is 291 g/mol. The number of carbonyl (C=O) groups is 2. The van der Waals surface area contributed by atoms with Crippen LogP contribution in [0.1, 0.15) is 31.2 Å². The molecular formula is C16H21NO4. The minimum Gasteiger partial charge on any atom is -0.497 e. The fourth-order valence-electron chi connectivity index (χ4n) is 2.67. The van der Waals surface area contributed by atoms with Gasteiger partial charge < -0.3 is 14.7 Å². The Hall–Kier alpha value is -2.04. The normalized spacial score (nSPS) is 18.3. The summed E-state index contributed by atoms with van der Waals surface area (Å²) in [5.41, 5.74) is 1.05. The summed E-state index contributed by atoms with van der Waals surface area (Å²) in [6.07, 6.45) is 3.28. The van der Waals surface area contributed by atoms with Crippen LogP contribution >= 0.6 is 0 Å². The third-order valence-corrected chi connectivity index (χ3v) is 3.89. The molecule has 1 unspecified atom stereocenters. The van der Waals surface area contributed by atoms with Gasteiger partial charge in [-0.2, -0.15) is 0 Å². The Morgan fingerprint density at radius 3 is 2.62 bits per heavy atom. The summed E-state index contributed by atoms with van der Waals surface area (Å²) in [5.74, 6) is -0.183. The van der Waals surface area contributed by atoms with Gasteiger partial charge in [0.05, 0.1) is 7.11 Å². The SMILES string of the molecule is COc1ccc(CCC(=O)N2CCCCC2C(=O)O)cc1. The summed E-state index contributed by atoms with van der Waals surface area (Å²) in [6.45, 7) is 0.554. The third kappa shape index (κ3) is 3.97. The topological polar surface area (TPSA) is 66.8 Å². The molecule has 21 heavy (non-hydrogen) atoms. The summed E-state index contributed by atoms with van der Waals surface area (Å²) in [7, 11) is 1.61. The molecule has 0 aliphatic carbocycles. The highest BCUT2D eigenvalue weighted by Crippen LogP contribution is 2.19. The predicted molar refractivity (Wildman–Crippen MR) is 78.3 cm³/mol. The first-order chi connectivity index (χ1) is 10.1. The molecule has 1 heterocycles. The molecule has 0 saturated carbocycles. The van der Waals surface area contributed by atoms with Crippen LogP contribution in [-0.4, -0.2) is 41.6 Å². The smallest absolute Gasteiger partial charge is 0.326 e. The molecule has 1 aliphatic rings. The van der Waals surface area contributed by atoms with E-state index in [1.54, 1.807) is 7.11 Å². The lowest BCUT2D eigenvalue weighted by atomic mass is 10.0. The first-order valence-corrected chi connectivity index (χ1v) is 7.27. The van der Waals surface area contributed by atoms with Crippen molar-refractivity contribution in [1.29, 1.82) is 0 Å². The Morgan fingerprint density at radius 2 is 2.00 bits per heavy atom. The quantitative estimate of drug-likeness (QED) is 0.902. The molecule has 1 saturated heterocycles. The highest BCUT2D eigenvalue weighted by molar-refractivity contribution is 5.84.